The Morgan fingerprint density at radius 2 is 2.15 bits per heavy atom. The van der Waals surface area contributed by atoms with Gasteiger partial charge in [0.1, 0.15) is 12.4 Å². The molecule has 0 radical (unpaired) electrons. The summed E-state index contributed by atoms with van der Waals surface area (Å²) in [5.74, 6) is 0.819. The van der Waals surface area contributed by atoms with E-state index < -0.39 is 0 Å². The fraction of sp³-hybridized carbons (Fsp3) is 0.667. The van der Waals surface area contributed by atoms with E-state index in [0.717, 1.165) is 57.1 Å². The van der Waals surface area contributed by atoms with Crippen LogP contribution in [-0.2, 0) is 4.74 Å². The van der Waals surface area contributed by atoms with Crippen LogP contribution in [0.25, 0.3) is 0 Å². The number of aromatic nitrogens is 1. The molecule has 0 spiro atoms. The zero-order valence-corrected chi connectivity index (χ0v) is 12.3. The van der Waals surface area contributed by atoms with Gasteiger partial charge < -0.3 is 19.7 Å². The van der Waals surface area contributed by atoms with E-state index in [4.69, 9.17) is 9.47 Å². The number of nitrogens with one attached hydrogen (secondary N) is 1. The van der Waals surface area contributed by atoms with Gasteiger partial charge in [0.05, 0.1) is 24.7 Å². The number of pyridine rings is 1. The lowest BCUT2D eigenvalue weighted by Gasteiger charge is -2.22. The molecule has 1 N–H and O–H groups in total. The SMILES string of the molecule is CCCOCCOc1cncc(N2CCCNCC2)c1. The number of hydrogen-bond acceptors (Lipinski definition) is 5. The van der Waals surface area contributed by atoms with E-state index >= 15 is 0 Å². The van der Waals surface area contributed by atoms with Crippen molar-refractivity contribution in [3.05, 3.63) is 18.5 Å². The predicted molar refractivity (Wildman–Crippen MR) is 80.5 cm³/mol. The lowest BCUT2D eigenvalue weighted by Crippen LogP contribution is -2.27. The molecule has 112 valence electrons. The molecule has 5 heteroatoms. The van der Waals surface area contributed by atoms with Crippen molar-refractivity contribution in [2.45, 2.75) is 19.8 Å². The summed E-state index contributed by atoms with van der Waals surface area (Å²) in [6.45, 7) is 8.30. The molecule has 1 aromatic rings. The highest BCUT2D eigenvalue weighted by Gasteiger charge is 2.10. The predicted octanol–water partition coefficient (Wildman–Crippen LogP) is 1.69. The van der Waals surface area contributed by atoms with Crippen LogP contribution in [0.1, 0.15) is 19.8 Å². The Labute approximate surface area is 121 Å². The van der Waals surface area contributed by atoms with Gasteiger partial charge in [-0.1, -0.05) is 6.92 Å². The lowest BCUT2D eigenvalue weighted by atomic mass is 10.3. The van der Waals surface area contributed by atoms with Crippen molar-refractivity contribution in [2.75, 3.05) is 50.9 Å². The molecule has 0 aliphatic carbocycles. The molecule has 0 unspecified atom stereocenters. The number of hydrogen-bond donors (Lipinski definition) is 1. The van der Waals surface area contributed by atoms with Crippen LogP contribution in [0.3, 0.4) is 0 Å². The molecular weight excluding hydrogens is 254 g/mol. The zero-order valence-electron chi connectivity index (χ0n) is 12.3. The monoisotopic (exact) mass is 279 g/mol. The first kappa shape index (κ1) is 15.1. The largest absolute Gasteiger partial charge is 0.489 e. The van der Waals surface area contributed by atoms with Gasteiger partial charge in [-0.3, -0.25) is 4.98 Å². The van der Waals surface area contributed by atoms with Crippen LogP contribution in [0.4, 0.5) is 5.69 Å². The standard InChI is InChI=1S/C15H25N3O2/c1-2-8-19-9-10-20-15-11-14(12-17-13-15)18-6-3-4-16-5-7-18/h11-13,16H,2-10H2,1H3. The van der Waals surface area contributed by atoms with Gasteiger partial charge in [0, 0.05) is 32.3 Å². The first-order chi connectivity index (χ1) is 9.90. The van der Waals surface area contributed by atoms with Gasteiger partial charge in [0.15, 0.2) is 0 Å². The second-order valence-electron chi connectivity index (χ2n) is 4.93. The van der Waals surface area contributed by atoms with E-state index in [0.29, 0.717) is 13.2 Å². The Hall–Kier alpha value is -1.33. The molecule has 0 aromatic carbocycles. The summed E-state index contributed by atoms with van der Waals surface area (Å²) in [7, 11) is 0. The highest BCUT2D eigenvalue weighted by Crippen LogP contribution is 2.20. The van der Waals surface area contributed by atoms with Gasteiger partial charge in [-0.25, -0.2) is 0 Å². The molecule has 1 aliphatic rings. The Kier molecular flexibility index (Phi) is 6.60. The molecule has 2 rings (SSSR count). The Bertz CT molecular complexity index is 379. The Morgan fingerprint density at radius 1 is 1.20 bits per heavy atom. The van der Waals surface area contributed by atoms with Gasteiger partial charge in [0.2, 0.25) is 0 Å². The Morgan fingerprint density at radius 3 is 3.05 bits per heavy atom. The summed E-state index contributed by atoms with van der Waals surface area (Å²) in [4.78, 5) is 6.63. The Balaban J connectivity index is 1.83. The molecule has 1 saturated heterocycles. The van der Waals surface area contributed by atoms with Crippen LogP contribution in [0, 0.1) is 0 Å². The van der Waals surface area contributed by atoms with Gasteiger partial charge in [0.25, 0.3) is 0 Å². The highest BCUT2D eigenvalue weighted by atomic mass is 16.5. The second-order valence-corrected chi connectivity index (χ2v) is 4.93. The van der Waals surface area contributed by atoms with E-state index in [1.54, 1.807) is 6.20 Å². The summed E-state index contributed by atoms with van der Waals surface area (Å²) in [5, 5.41) is 3.41. The third-order valence-electron chi connectivity index (χ3n) is 3.25. The van der Waals surface area contributed by atoms with Crippen molar-refractivity contribution in [2.24, 2.45) is 0 Å². The van der Waals surface area contributed by atoms with Gasteiger partial charge in [-0.05, 0) is 19.4 Å². The maximum atomic E-state index is 5.69. The van der Waals surface area contributed by atoms with Crippen molar-refractivity contribution in [3.63, 3.8) is 0 Å². The van der Waals surface area contributed by atoms with Gasteiger partial charge >= 0.3 is 0 Å². The van der Waals surface area contributed by atoms with Crippen LogP contribution in [-0.4, -0.2) is 51.0 Å². The molecule has 0 amide bonds. The molecule has 1 aromatic heterocycles. The summed E-state index contributed by atoms with van der Waals surface area (Å²) in [6, 6.07) is 2.07. The van der Waals surface area contributed by atoms with Gasteiger partial charge in [-0.2, -0.15) is 0 Å². The van der Waals surface area contributed by atoms with Gasteiger partial charge in [-0.15, -0.1) is 0 Å². The molecule has 2 heterocycles. The van der Waals surface area contributed by atoms with Crippen molar-refractivity contribution < 1.29 is 9.47 Å². The minimum atomic E-state index is 0.576. The summed E-state index contributed by atoms with van der Waals surface area (Å²) >= 11 is 0. The number of rotatable bonds is 7. The third kappa shape index (κ3) is 4.98. The maximum Gasteiger partial charge on any atom is 0.139 e. The lowest BCUT2D eigenvalue weighted by molar-refractivity contribution is 0.100. The maximum absolute atomic E-state index is 5.69. The second kappa shape index (κ2) is 8.76. The molecule has 20 heavy (non-hydrogen) atoms. The molecular formula is C15H25N3O2. The fourth-order valence-electron chi connectivity index (χ4n) is 2.23. The first-order valence-electron chi connectivity index (χ1n) is 7.51. The van der Waals surface area contributed by atoms with Crippen LogP contribution < -0.4 is 15.0 Å². The molecule has 1 aliphatic heterocycles. The topological polar surface area (TPSA) is 46.6 Å². The average Bonchev–Trinajstić information content (AvgIpc) is 2.76. The van der Waals surface area contributed by atoms with E-state index in [1.807, 2.05) is 6.20 Å². The van der Waals surface area contributed by atoms with E-state index in [1.165, 1.54) is 0 Å². The molecule has 0 saturated carbocycles. The molecule has 0 atom stereocenters. The van der Waals surface area contributed by atoms with E-state index in [9.17, 15) is 0 Å². The van der Waals surface area contributed by atoms with Crippen LogP contribution in [0.2, 0.25) is 0 Å². The quantitative estimate of drug-likeness (QED) is 0.770. The van der Waals surface area contributed by atoms with Crippen molar-refractivity contribution in [3.8, 4) is 5.75 Å². The van der Waals surface area contributed by atoms with Crippen molar-refractivity contribution in [1.82, 2.24) is 10.3 Å². The van der Waals surface area contributed by atoms with Crippen LogP contribution >= 0.6 is 0 Å². The zero-order chi connectivity index (χ0) is 14.0. The van der Waals surface area contributed by atoms with Crippen LogP contribution in [0.5, 0.6) is 5.75 Å². The van der Waals surface area contributed by atoms with E-state index in [-0.39, 0.29) is 0 Å². The fourth-order valence-corrected chi connectivity index (χ4v) is 2.23. The number of anilines is 1. The summed E-state index contributed by atoms with van der Waals surface area (Å²) in [6.07, 6.45) is 5.88. The molecule has 0 bridgehead atoms. The van der Waals surface area contributed by atoms with E-state index in [2.05, 4.69) is 28.2 Å². The average molecular weight is 279 g/mol. The highest BCUT2D eigenvalue weighted by molar-refractivity contribution is 5.48. The number of nitrogens with zero attached hydrogens (tertiary/aromatic N) is 2. The smallest absolute Gasteiger partial charge is 0.139 e. The summed E-state index contributed by atoms with van der Waals surface area (Å²) in [5.41, 5.74) is 1.14. The minimum absolute atomic E-state index is 0.576. The first-order valence-corrected chi connectivity index (χ1v) is 7.51. The van der Waals surface area contributed by atoms with Crippen molar-refractivity contribution in [1.29, 1.82) is 0 Å². The molecule has 1 fully saturated rings. The minimum Gasteiger partial charge on any atom is -0.489 e. The number of ether oxygens (including phenoxy) is 2. The van der Waals surface area contributed by atoms with Crippen molar-refractivity contribution >= 4 is 5.69 Å². The molecule has 5 nitrogen and oxygen atoms in total. The van der Waals surface area contributed by atoms with Crippen LogP contribution in [0.15, 0.2) is 18.5 Å². The summed E-state index contributed by atoms with van der Waals surface area (Å²) < 4.78 is 11.1. The normalized spacial score (nSPS) is 15.9. The third-order valence-corrected chi connectivity index (χ3v) is 3.25.